The summed E-state index contributed by atoms with van der Waals surface area (Å²) in [5.41, 5.74) is 2.84. The first-order valence-corrected chi connectivity index (χ1v) is 10.4. The fraction of sp³-hybridized carbons (Fsp3) is 0.222. The number of para-hydroxylation sites is 1. The Bertz CT molecular complexity index is 1140. The summed E-state index contributed by atoms with van der Waals surface area (Å²) in [5, 5.41) is 11.6. The van der Waals surface area contributed by atoms with Gasteiger partial charge in [-0.1, -0.05) is 6.07 Å². The van der Waals surface area contributed by atoms with Crippen LogP contribution < -0.4 is 20.5 Å². The molecule has 0 bridgehead atoms. The lowest BCUT2D eigenvalue weighted by molar-refractivity contribution is 0.243. The Labute approximate surface area is 168 Å². The molecule has 0 saturated heterocycles. The maximum absolute atomic E-state index is 11.7. The molecule has 4 N–H and O–H groups in total. The summed E-state index contributed by atoms with van der Waals surface area (Å²) in [6.07, 6.45) is 1.61. The number of thiocarbonyl (C=S) groups is 1. The molecule has 0 aliphatic carbocycles. The number of aryl methyl sites for hydroxylation is 1. The summed E-state index contributed by atoms with van der Waals surface area (Å²) in [7, 11) is -1.96. The fourth-order valence-electron chi connectivity index (χ4n) is 2.68. The van der Waals surface area contributed by atoms with Crippen molar-refractivity contribution in [3.05, 3.63) is 42.7 Å². The summed E-state index contributed by atoms with van der Waals surface area (Å²) >= 11 is 5.40. The molecule has 8 nitrogen and oxygen atoms in total. The Morgan fingerprint density at radius 3 is 2.61 bits per heavy atom. The number of nitrogens with one attached hydrogen (secondary N) is 2. The van der Waals surface area contributed by atoms with Crippen molar-refractivity contribution in [1.29, 1.82) is 0 Å². The molecule has 3 rings (SSSR count). The Hall–Kier alpha value is -2.69. The van der Waals surface area contributed by atoms with E-state index in [0.29, 0.717) is 11.4 Å². The molecule has 3 aromatic rings. The zero-order chi connectivity index (χ0) is 20.5. The molecular weight excluding hydrogens is 398 g/mol. The molecule has 1 heterocycles. The normalized spacial score (nSPS) is 11.6. The summed E-state index contributed by atoms with van der Waals surface area (Å²) in [5.74, 6) is 0.461. The summed E-state index contributed by atoms with van der Waals surface area (Å²) in [6.45, 7) is 3.74. The zero-order valence-electron chi connectivity index (χ0n) is 15.6. The predicted octanol–water partition coefficient (Wildman–Crippen LogP) is 2.82. The van der Waals surface area contributed by atoms with Gasteiger partial charge in [-0.15, -0.1) is 0 Å². The number of hydrogen-bond acceptors (Lipinski definition) is 5. The van der Waals surface area contributed by atoms with Crippen molar-refractivity contribution >= 4 is 49.8 Å². The number of nitrogens with two attached hydrogens (primary N) is 1. The third-order valence-corrected chi connectivity index (χ3v) is 5.01. The van der Waals surface area contributed by atoms with E-state index in [0.717, 1.165) is 16.7 Å². The maximum atomic E-state index is 11.7. The topological polar surface area (TPSA) is 111 Å². The van der Waals surface area contributed by atoms with Gasteiger partial charge in [0.15, 0.2) is 5.11 Å². The highest BCUT2D eigenvalue weighted by molar-refractivity contribution is 7.89. The van der Waals surface area contributed by atoms with E-state index in [1.54, 1.807) is 12.4 Å². The Kier molecular flexibility index (Phi) is 5.54. The van der Waals surface area contributed by atoms with Gasteiger partial charge in [0.05, 0.1) is 34.2 Å². The number of ether oxygens (including phenoxy) is 1. The largest absolute Gasteiger partial charge is 0.489 e. The van der Waals surface area contributed by atoms with Crippen molar-refractivity contribution in [1.82, 2.24) is 9.55 Å². The van der Waals surface area contributed by atoms with E-state index in [1.807, 2.05) is 43.7 Å². The van der Waals surface area contributed by atoms with Gasteiger partial charge < -0.3 is 19.9 Å². The van der Waals surface area contributed by atoms with Crippen LogP contribution in [0.15, 0.2) is 47.6 Å². The number of hydrogen-bond donors (Lipinski definition) is 3. The number of aromatic nitrogens is 2. The molecule has 10 heteroatoms. The lowest BCUT2D eigenvalue weighted by Gasteiger charge is -2.17. The number of primary sulfonamides is 1. The highest BCUT2D eigenvalue weighted by atomic mass is 32.2. The first-order valence-electron chi connectivity index (χ1n) is 8.46. The summed E-state index contributed by atoms with van der Waals surface area (Å²) in [6, 6.07) is 10.0. The van der Waals surface area contributed by atoms with Crippen LogP contribution in [0.5, 0.6) is 5.75 Å². The van der Waals surface area contributed by atoms with Crippen LogP contribution >= 0.6 is 12.2 Å². The van der Waals surface area contributed by atoms with E-state index in [9.17, 15) is 8.42 Å². The molecular formula is C18H21N5O3S2. The van der Waals surface area contributed by atoms with Gasteiger partial charge in [0.2, 0.25) is 10.0 Å². The van der Waals surface area contributed by atoms with Gasteiger partial charge in [-0.05, 0) is 56.4 Å². The fourth-order valence-corrected chi connectivity index (χ4v) is 3.44. The minimum Gasteiger partial charge on any atom is -0.489 e. The van der Waals surface area contributed by atoms with E-state index in [1.165, 1.54) is 12.1 Å². The minimum atomic E-state index is -3.86. The molecule has 0 amide bonds. The first-order chi connectivity index (χ1) is 13.1. The van der Waals surface area contributed by atoms with E-state index in [-0.39, 0.29) is 16.1 Å². The lowest BCUT2D eigenvalue weighted by atomic mass is 10.2. The van der Waals surface area contributed by atoms with Gasteiger partial charge in [-0.25, -0.2) is 18.5 Å². The van der Waals surface area contributed by atoms with E-state index in [2.05, 4.69) is 15.6 Å². The monoisotopic (exact) mass is 419 g/mol. The van der Waals surface area contributed by atoms with Crippen molar-refractivity contribution in [2.45, 2.75) is 24.8 Å². The molecule has 148 valence electrons. The molecule has 1 aromatic heterocycles. The molecule has 2 aromatic carbocycles. The number of benzene rings is 2. The van der Waals surface area contributed by atoms with Crippen molar-refractivity contribution in [3.8, 4) is 5.75 Å². The van der Waals surface area contributed by atoms with E-state index >= 15 is 0 Å². The van der Waals surface area contributed by atoms with Crippen molar-refractivity contribution < 1.29 is 13.2 Å². The Balaban J connectivity index is 1.89. The molecule has 0 aliphatic heterocycles. The minimum absolute atomic E-state index is 0.0410. The van der Waals surface area contributed by atoms with Crippen LogP contribution in [-0.2, 0) is 17.1 Å². The number of fused-ring (bicyclic) bond motifs is 1. The summed E-state index contributed by atoms with van der Waals surface area (Å²) < 4.78 is 31.0. The number of imidazole rings is 1. The highest BCUT2D eigenvalue weighted by Crippen LogP contribution is 2.29. The van der Waals surface area contributed by atoms with Crippen LogP contribution in [0.25, 0.3) is 11.0 Å². The van der Waals surface area contributed by atoms with Crippen molar-refractivity contribution in [2.24, 2.45) is 12.2 Å². The van der Waals surface area contributed by atoms with Crippen molar-refractivity contribution in [3.63, 3.8) is 0 Å². The summed E-state index contributed by atoms with van der Waals surface area (Å²) in [4.78, 5) is 4.33. The quantitative estimate of drug-likeness (QED) is 0.545. The van der Waals surface area contributed by atoms with Crippen LogP contribution in [0.1, 0.15) is 13.8 Å². The number of rotatable bonds is 5. The van der Waals surface area contributed by atoms with Crippen LogP contribution in [0.2, 0.25) is 0 Å². The SMILES string of the molecule is CC(C)Oc1ccc(S(N)(=O)=O)cc1NC(=S)Nc1cccc2c1ncn2C. The van der Waals surface area contributed by atoms with Crippen molar-refractivity contribution in [2.75, 3.05) is 10.6 Å². The maximum Gasteiger partial charge on any atom is 0.238 e. The molecule has 0 atom stereocenters. The number of anilines is 2. The Morgan fingerprint density at radius 1 is 1.21 bits per heavy atom. The third kappa shape index (κ3) is 4.41. The highest BCUT2D eigenvalue weighted by Gasteiger charge is 2.15. The molecule has 0 aliphatic rings. The van der Waals surface area contributed by atoms with Gasteiger partial charge in [-0.3, -0.25) is 0 Å². The van der Waals surface area contributed by atoms with Crippen LogP contribution in [0, 0.1) is 0 Å². The van der Waals surface area contributed by atoms with Crippen LogP contribution in [-0.4, -0.2) is 29.2 Å². The van der Waals surface area contributed by atoms with Gasteiger partial charge in [0, 0.05) is 7.05 Å². The van der Waals surface area contributed by atoms with E-state index < -0.39 is 10.0 Å². The van der Waals surface area contributed by atoms with Crippen LogP contribution in [0.4, 0.5) is 11.4 Å². The second kappa shape index (κ2) is 7.74. The molecule has 0 saturated carbocycles. The molecule has 0 spiro atoms. The third-order valence-electron chi connectivity index (χ3n) is 3.89. The predicted molar refractivity (Wildman–Crippen MR) is 114 cm³/mol. The number of sulfonamides is 1. The zero-order valence-corrected chi connectivity index (χ0v) is 17.3. The average molecular weight is 420 g/mol. The van der Waals surface area contributed by atoms with E-state index in [4.69, 9.17) is 22.1 Å². The standard InChI is InChI=1S/C18H21N5O3S2/c1-11(2)26-16-8-7-12(28(19,24)25)9-14(16)22-18(27)21-13-5-4-6-15-17(13)20-10-23(15)3/h4-11H,1-3H3,(H2,19,24,25)(H2,21,22,27). The second-order valence-corrected chi connectivity index (χ2v) is 8.45. The molecule has 0 radical (unpaired) electrons. The molecule has 0 fully saturated rings. The van der Waals surface area contributed by atoms with Gasteiger partial charge in [0.25, 0.3) is 0 Å². The lowest BCUT2D eigenvalue weighted by Crippen LogP contribution is -2.21. The molecule has 0 unspecified atom stereocenters. The Morgan fingerprint density at radius 2 is 1.93 bits per heavy atom. The number of nitrogens with zero attached hydrogens (tertiary/aromatic N) is 2. The smallest absolute Gasteiger partial charge is 0.238 e. The van der Waals surface area contributed by atoms with Crippen LogP contribution in [0.3, 0.4) is 0 Å². The first kappa shape index (κ1) is 20.1. The van der Waals surface area contributed by atoms with Gasteiger partial charge in [0.1, 0.15) is 11.3 Å². The average Bonchev–Trinajstić information content (AvgIpc) is 2.97. The van der Waals surface area contributed by atoms with Gasteiger partial charge in [-0.2, -0.15) is 0 Å². The molecule has 28 heavy (non-hydrogen) atoms. The van der Waals surface area contributed by atoms with Gasteiger partial charge >= 0.3 is 0 Å². The second-order valence-electron chi connectivity index (χ2n) is 6.48.